The molecule has 1 fully saturated rings. The monoisotopic (exact) mass is 338 g/mol. The van der Waals surface area contributed by atoms with Gasteiger partial charge >= 0.3 is 0 Å². The van der Waals surface area contributed by atoms with Crippen LogP contribution in [-0.2, 0) is 4.79 Å². The molecule has 1 aliphatic heterocycles. The first kappa shape index (κ1) is 17.5. The number of amides is 1. The van der Waals surface area contributed by atoms with Gasteiger partial charge in [-0.2, -0.15) is 11.8 Å². The molecule has 0 atom stereocenters. The van der Waals surface area contributed by atoms with Crippen molar-refractivity contribution in [3.05, 3.63) is 23.8 Å². The summed E-state index contributed by atoms with van der Waals surface area (Å²) in [5, 5.41) is 3.03. The third-order valence-corrected chi connectivity index (χ3v) is 5.71. The topological polar surface area (TPSA) is 32.3 Å². The number of hydrogen-bond donors (Lipinski definition) is 1. The van der Waals surface area contributed by atoms with E-state index in [1.807, 2.05) is 17.8 Å². The van der Waals surface area contributed by atoms with Gasteiger partial charge in [-0.1, -0.05) is 20.8 Å². The van der Waals surface area contributed by atoms with Crippen molar-refractivity contribution in [1.82, 2.24) is 0 Å². The van der Waals surface area contributed by atoms with E-state index in [1.54, 1.807) is 11.8 Å². The van der Waals surface area contributed by atoms with E-state index in [0.717, 1.165) is 24.3 Å². The molecular weight excluding hydrogens is 312 g/mol. The molecule has 0 radical (unpaired) electrons. The van der Waals surface area contributed by atoms with Crippen LogP contribution in [0.5, 0.6) is 0 Å². The molecule has 3 nitrogen and oxygen atoms in total. The van der Waals surface area contributed by atoms with Gasteiger partial charge in [0.25, 0.3) is 0 Å². The molecule has 1 aromatic rings. The molecule has 5 heteroatoms. The first-order valence-corrected chi connectivity index (χ1v) is 9.86. The molecular formula is C17H26N2OS2. The van der Waals surface area contributed by atoms with Crippen molar-refractivity contribution < 1.29 is 4.79 Å². The Morgan fingerprint density at radius 3 is 2.59 bits per heavy atom. The van der Waals surface area contributed by atoms with Crippen LogP contribution in [0.1, 0.15) is 26.3 Å². The zero-order chi connectivity index (χ0) is 16.2. The van der Waals surface area contributed by atoms with Gasteiger partial charge in [0.1, 0.15) is 0 Å². The Hall–Kier alpha value is -0.810. The van der Waals surface area contributed by atoms with E-state index in [-0.39, 0.29) is 10.7 Å². The predicted octanol–water partition coefficient (Wildman–Crippen LogP) is 4.02. The summed E-state index contributed by atoms with van der Waals surface area (Å²) in [4.78, 5) is 14.5. The lowest BCUT2D eigenvalue weighted by molar-refractivity contribution is -0.113. The van der Waals surface area contributed by atoms with Crippen LogP contribution in [0.4, 0.5) is 11.4 Å². The quantitative estimate of drug-likeness (QED) is 0.899. The fourth-order valence-corrected chi connectivity index (χ4v) is 3.81. The van der Waals surface area contributed by atoms with E-state index in [2.05, 4.69) is 50.0 Å². The fourth-order valence-electron chi connectivity index (χ4n) is 2.27. The summed E-state index contributed by atoms with van der Waals surface area (Å²) in [6.07, 6.45) is 0. The van der Waals surface area contributed by atoms with Crippen LogP contribution in [0.2, 0.25) is 0 Å². The fraction of sp³-hybridized carbons (Fsp3) is 0.588. The number of hydrogen-bond acceptors (Lipinski definition) is 4. The van der Waals surface area contributed by atoms with Gasteiger partial charge in [0.15, 0.2) is 0 Å². The van der Waals surface area contributed by atoms with Crippen LogP contribution in [0.15, 0.2) is 18.2 Å². The van der Waals surface area contributed by atoms with Crippen molar-refractivity contribution in [2.75, 3.05) is 40.6 Å². The molecule has 1 saturated heterocycles. The van der Waals surface area contributed by atoms with Crippen molar-refractivity contribution in [3.8, 4) is 0 Å². The lowest BCUT2D eigenvalue weighted by Gasteiger charge is -2.29. The highest BCUT2D eigenvalue weighted by molar-refractivity contribution is 8.01. The van der Waals surface area contributed by atoms with Gasteiger partial charge in [0, 0.05) is 40.7 Å². The van der Waals surface area contributed by atoms with Gasteiger partial charge < -0.3 is 10.2 Å². The number of benzene rings is 1. The minimum absolute atomic E-state index is 0.0742. The molecule has 0 saturated carbocycles. The first-order valence-electron chi connectivity index (χ1n) is 7.72. The SMILES string of the molecule is Cc1cc(N2CCSCC2)ccc1NC(=O)CSC(C)(C)C. The van der Waals surface area contributed by atoms with Gasteiger partial charge in [0.2, 0.25) is 5.91 Å². The maximum Gasteiger partial charge on any atom is 0.234 e. The summed E-state index contributed by atoms with van der Waals surface area (Å²) >= 11 is 3.69. The number of aryl methyl sites for hydroxylation is 1. The summed E-state index contributed by atoms with van der Waals surface area (Å²) in [5.74, 6) is 2.96. The molecule has 2 rings (SSSR count). The van der Waals surface area contributed by atoms with E-state index >= 15 is 0 Å². The second-order valence-corrected chi connectivity index (χ2v) is 9.57. The predicted molar refractivity (Wildman–Crippen MR) is 102 cm³/mol. The van der Waals surface area contributed by atoms with Crippen molar-refractivity contribution in [3.63, 3.8) is 0 Å². The molecule has 1 N–H and O–H groups in total. The van der Waals surface area contributed by atoms with Crippen LogP contribution in [0, 0.1) is 6.92 Å². The lowest BCUT2D eigenvalue weighted by Crippen LogP contribution is -2.32. The lowest BCUT2D eigenvalue weighted by atomic mass is 10.1. The molecule has 1 aromatic carbocycles. The normalized spacial score (nSPS) is 15.7. The number of carbonyl (C=O) groups excluding carboxylic acids is 1. The van der Waals surface area contributed by atoms with E-state index in [9.17, 15) is 4.79 Å². The molecule has 22 heavy (non-hydrogen) atoms. The smallest absolute Gasteiger partial charge is 0.234 e. The standard InChI is InChI=1S/C17H26N2OS2/c1-13-11-14(19-7-9-21-10-8-19)5-6-15(13)18-16(20)12-22-17(2,3)4/h5-6,11H,7-10,12H2,1-4H3,(H,18,20). The Kier molecular flexibility index (Phi) is 6.09. The molecule has 122 valence electrons. The van der Waals surface area contributed by atoms with Gasteiger partial charge in [0.05, 0.1) is 5.75 Å². The largest absolute Gasteiger partial charge is 0.370 e. The summed E-state index contributed by atoms with van der Waals surface area (Å²) in [6, 6.07) is 6.34. The molecule has 0 bridgehead atoms. The first-order chi connectivity index (χ1) is 10.3. The van der Waals surface area contributed by atoms with Crippen LogP contribution in [0.3, 0.4) is 0 Å². The minimum Gasteiger partial charge on any atom is -0.370 e. The molecule has 1 heterocycles. The van der Waals surface area contributed by atoms with Crippen molar-refractivity contribution in [2.24, 2.45) is 0 Å². The number of anilines is 2. The van der Waals surface area contributed by atoms with E-state index < -0.39 is 0 Å². The zero-order valence-electron chi connectivity index (χ0n) is 13.9. The third kappa shape index (κ3) is 5.43. The second-order valence-electron chi connectivity index (χ2n) is 6.55. The van der Waals surface area contributed by atoms with Gasteiger partial charge in [-0.25, -0.2) is 0 Å². The van der Waals surface area contributed by atoms with Crippen LogP contribution in [0.25, 0.3) is 0 Å². The number of rotatable bonds is 4. The third-order valence-electron chi connectivity index (χ3n) is 3.50. The summed E-state index contributed by atoms with van der Waals surface area (Å²) in [6.45, 7) is 10.7. The average Bonchev–Trinajstić information content (AvgIpc) is 2.47. The Bertz CT molecular complexity index is 520. The van der Waals surface area contributed by atoms with E-state index in [1.165, 1.54) is 17.2 Å². The summed E-state index contributed by atoms with van der Waals surface area (Å²) < 4.78 is 0.114. The van der Waals surface area contributed by atoms with E-state index in [4.69, 9.17) is 0 Å². The van der Waals surface area contributed by atoms with Crippen LogP contribution >= 0.6 is 23.5 Å². The number of thioether (sulfide) groups is 2. The molecule has 0 unspecified atom stereocenters. The highest BCUT2D eigenvalue weighted by atomic mass is 32.2. The Morgan fingerprint density at radius 2 is 2.00 bits per heavy atom. The average molecular weight is 339 g/mol. The molecule has 1 aliphatic rings. The van der Waals surface area contributed by atoms with Gasteiger partial charge in [-0.3, -0.25) is 4.79 Å². The number of carbonyl (C=O) groups is 1. The minimum atomic E-state index is 0.0742. The Balaban J connectivity index is 1.96. The molecule has 0 aliphatic carbocycles. The Labute approximate surface area is 142 Å². The maximum absolute atomic E-state index is 12.1. The highest BCUT2D eigenvalue weighted by Gasteiger charge is 2.15. The second kappa shape index (κ2) is 7.64. The maximum atomic E-state index is 12.1. The summed E-state index contributed by atoms with van der Waals surface area (Å²) in [5.41, 5.74) is 3.32. The van der Waals surface area contributed by atoms with Crippen LogP contribution < -0.4 is 10.2 Å². The number of nitrogens with one attached hydrogen (secondary N) is 1. The molecule has 1 amide bonds. The number of nitrogens with zero attached hydrogens (tertiary/aromatic N) is 1. The summed E-state index contributed by atoms with van der Waals surface area (Å²) in [7, 11) is 0. The molecule has 0 aromatic heterocycles. The van der Waals surface area contributed by atoms with Crippen LogP contribution in [-0.4, -0.2) is 41.0 Å². The van der Waals surface area contributed by atoms with Crippen molar-refractivity contribution in [1.29, 1.82) is 0 Å². The van der Waals surface area contributed by atoms with Crippen molar-refractivity contribution >= 4 is 40.8 Å². The Morgan fingerprint density at radius 1 is 1.32 bits per heavy atom. The molecule has 0 spiro atoms. The van der Waals surface area contributed by atoms with Gasteiger partial charge in [-0.05, 0) is 30.7 Å². The highest BCUT2D eigenvalue weighted by Crippen LogP contribution is 2.26. The van der Waals surface area contributed by atoms with Crippen molar-refractivity contribution in [2.45, 2.75) is 32.4 Å². The van der Waals surface area contributed by atoms with Gasteiger partial charge in [-0.15, -0.1) is 11.8 Å². The van der Waals surface area contributed by atoms with E-state index in [0.29, 0.717) is 5.75 Å². The zero-order valence-corrected chi connectivity index (χ0v) is 15.6.